The molecule has 2 rings (SSSR count). The summed E-state index contributed by atoms with van der Waals surface area (Å²) in [5.74, 6) is 0. The summed E-state index contributed by atoms with van der Waals surface area (Å²) in [6, 6.07) is 0. The van der Waals surface area contributed by atoms with E-state index in [1.54, 1.807) is 32.5 Å². The zero-order chi connectivity index (χ0) is 13.6. The number of aromatic nitrogens is 4. The maximum Gasteiger partial charge on any atom is 0.159 e. The topological polar surface area (TPSA) is 77.7 Å². The Hall–Kier alpha value is -1.28. The van der Waals surface area contributed by atoms with Gasteiger partial charge in [-0.05, 0) is 13.8 Å². The molecular weight excluding hydrogens is 272 g/mol. The van der Waals surface area contributed by atoms with Crippen LogP contribution in [0.1, 0.15) is 18.9 Å². The molecule has 0 bridgehead atoms. The minimum Gasteiger partial charge on any atom is -0.238 e. The largest absolute Gasteiger partial charge is 0.238 e. The van der Waals surface area contributed by atoms with E-state index in [-0.39, 0.29) is 0 Å². The van der Waals surface area contributed by atoms with Crippen LogP contribution in [0.4, 0.5) is 0 Å². The molecule has 6 nitrogen and oxygen atoms in total. The number of aryl methyl sites for hydroxylation is 1. The van der Waals surface area contributed by atoms with Crippen molar-refractivity contribution in [3.8, 4) is 11.4 Å². The van der Waals surface area contributed by atoms with E-state index in [1.807, 2.05) is 0 Å². The maximum absolute atomic E-state index is 11.7. The van der Waals surface area contributed by atoms with Gasteiger partial charge in [0.1, 0.15) is 21.1 Å². The second-order valence-corrected chi connectivity index (χ2v) is 7.96. The molecule has 0 radical (unpaired) electrons. The highest BCUT2D eigenvalue weighted by Gasteiger charge is 2.35. The predicted octanol–water partition coefficient (Wildman–Crippen LogP) is 1.22. The van der Waals surface area contributed by atoms with Crippen LogP contribution in [0.2, 0.25) is 0 Å². The first-order chi connectivity index (χ1) is 8.22. The molecule has 0 unspecified atom stereocenters. The molecule has 98 valence electrons. The lowest BCUT2D eigenvalue weighted by molar-refractivity contribution is 0.560. The first-order valence-electron chi connectivity index (χ1n) is 5.24. The molecule has 0 aliphatic heterocycles. The molecule has 2 aromatic rings. The fraction of sp³-hybridized carbons (Fsp3) is 0.500. The Morgan fingerprint density at radius 3 is 2.50 bits per heavy atom. The van der Waals surface area contributed by atoms with Crippen molar-refractivity contribution in [3.05, 3.63) is 16.6 Å². The highest BCUT2D eigenvalue weighted by Crippen LogP contribution is 2.33. The molecule has 18 heavy (non-hydrogen) atoms. The van der Waals surface area contributed by atoms with Gasteiger partial charge in [0.15, 0.2) is 9.84 Å². The SMILES string of the molecule is Cn1ncc(-c2csc(C(C)(C)S(C)(=O)=O)n2)n1. The molecule has 0 saturated heterocycles. The Morgan fingerprint density at radius 1 is 1.33 bits per heavy atom. The van der Waals surface area contributed by atoms with Gasteiger partial charge in [0.05, 0.1) is 6.20 Å². The van der Waals surface area contributed by atoms with Gasteiger partial charge in [0, 0.05) is 18.7 Å². The Balaban J connectivity index is 2.43. The van der Waals surface area contributed by atoms with Crippen LogP contribution in [0.15, 0.2) is 11.6 Å². The normalized spacial score (nSPS) is 12.9. The van der Waals surface area contributed by atoms with Crippen molar-refractivity contribution in [3.63, 3.8) is 0 Å². The molecule has 2 aromatic heterocycles. The Labute approximate surface area is 110 Å². The van der Waals surface area contributed by atoms with Crippen molar-refractivity contribution in [1.29, 1.82) is 0 Å². The van der Waals surface area contributed by atoms with Gasteiger partial charge < -0.3 is 0 Å². The van der Waals surface area contributed by atoms with Crippen LogP contribution in [0.3, 0.4) is 0 Å². The molecule has 2 heterocycles. The Morgan fingerprint density at radius 2 is 2.00 bits per heavy atom. The van der Waals surface area contributed by atoms with Gasteiger partial charge in [-0.25, -0.2) is 13.4 Å². The fourth-order valence-corrected chi connectivity index (χ4v) is 3.08. The van der Waals surface area contributed by atoms with Crippen molar-refractivity contribution in [2.24, 2.45) is 7.05 Å². The number of nitrogens with zero attached hydrogens (tertiary/aromatic N) is 4. The number of rotatable bonds is 3. The quantitative estimate of drug-likeness (QED) is 0.847. The van der Waals surface area contributed by atoms with Crippen molar-refractivity contribution in [1.82, 2.24) is 20.0 Å². The lowest BCUT2D eigenvalue weighted by Gasteiger charge is -2.18. The van der Waals surface area contributed by atoms with Gasteiger partial charge in [-0.1, -0.05) is 0 Å². The fourth-order valence-electron chi connectivity index (χ4n) is 1.29. The first-order valence-corrected chi connectivity index (χ1v) is 8.01. The van der Waals surface area contributed by atoms with E-state index in [1.165, 1.54) is 22.4 Å². The monoisotopic (exact) mass is 286 g/mol. The number of thiazole rings is 1. The smallest absolute Gasteiger partial charge is 0.159 e. The van der Waals surface area contributed by atoms with Gasteiger partial charge in [-0.2, -0.15) is 15.0 Å². The summed E-state index contributed by atoms with van der Waals surface area (Å²) < 4.78 is 22.5. The number of hydrogen-bond donors (Lipinski definition) is 0. The molecule has 0 amide bonds. The van der Waals surface area contributed by atoms with Crippen molar-refractivity contribution in [2.75, 3.05) is 6.26 Å². The predicted molar refractivity (Wildman–Crippen MR) is 70.0 cm³/mol. The second kappa shape index (κ2) is 4.13. The van der Waals surface area contributed by atoms with Gasteiger partial charge in [-0.15, -0.1) is 11.3 Å². The maximum atomic E-state index is 11.7. The van der Waals surface area contributed by atoms with Crippen LogP contribution in [0, 0.1) is 0 Å². The minimum absolute atomic E-state index is 0.561. The van der Waals surface area contributed by atoms with Crippen molar-refractivity contribution >= 4 is 21.2 Å². The summed E-state index contributed by atoms with van der Waals surface area (Å²) in [6.07, 6.45) is 2.82. The minimum atomic E-state index is -3.21. The average molecular weight is 286 g/mol. The highest BCUT2D eigenvalue weighted by molar-refractivity contribution is 7.91. The second-order valence-electron chi connectivity index (χ2n) is 4.54. The molecule has 0 saturated carbocycles. The van der Waals surface area contributed by atoms with E-state index in [2.05, 4.69) is 15.2 Å². The van der Waals surface area contributed by atoms with Gasteiger partial charge in [0.25, 0.3) is 0 Å². The lowest BCUT2D eigenvalue weighted by Crippen LogP contribution is -2.27. The van der Waals surface area contributed by atoms with Crippen molar-refractivity contribution in [2.45, 2.75) is 18.6 Å². The molecule has 0 aliphatic rings. The van der Waals surface area contributed by atoms with E-state index in [0.29, 0.717) is 16.4 Å². The molecule has 8 heteroatoms. The third-order valence-electron chi connectivity index (χ3n) is 2.81. The highest BCUT2D eigenvalue weighted by atomic mass is 32.2. The molecule has 0 atom stereocenters. The molecule has 0 aliphatic carbocycles. The third kappa shape index (κ3) is 2.17. The van der Waals surface area contributed by atoms with E-state index in [9.17, 15) is 8.42 Å². The summed E-state index contributed by atoms with van der Waals surface area (Å²) in [4.78, 5) is 5.80. The summed E-state index contributed by atoms with van der Waals surface area (Å²) in [6.45, 7) is 3.31. The first kappa shape index (κ1) is 13.2. The number of sulfone groups is 1. The number of hydrogen-bond acceptors (Lipinski definition) is 6. The standard InChI is InChI=1S/C10H14N4O2S2/c1-10(2,18(4,15)16)9-12-8(6-17-9)7-5-11-14(3)13-7/h5-6H,1-4H3. The van der Waals surface area contributed by atoms with E-state index in [4.69, 9.17) is 0 Å². The van der Waals surface area contributed by atoms with Crippen LogP contribution in [-0.2, 0) is 21.6 Å². The molecule has 0 aromatic carbocycles. The lowest BCUT2D eigenvalue weighted by atomic mass is 10.2. The van der Waals surface area contributed by atoms with Crippen LogP contribution >= 0.6 is 11.3 Å². The van der Waals surface area contributed by atoms with E-state index >= 15 is 0 Å². The van der Waals surface area contributed by atoms with E-state index < -0.39 is 14.6 Å². The van der Waals surface area contributed by atoms with Crippen LogP contribution in [0.25, 0.3) is 11.4 Å². The van der Waals surface area contributed by atoms with Gasteiger partial charge in [-0.3, -0.25) is 0 Å². The molecular formula is C10H14N4O2S2. The van der Waals surface area contributed by atoms with Crippen LogP contribution in [-0.4, -0.2) is 34.7 Å². The summed E-state index contributed by atoms with van der Waals surface area (Å²) >= 11 is 1.32. The Bertz CT molecular complexity index is 670. The van der Waals surface area contributed by atoms with Gasteiger partial charge >= 0.3 is 0 Å². The summed E-state index contributed by atoms with van der Waals surface area (Å²) in [5, 5.41) is 10.5. The molecule has 0 fully saturated rings. The molecule has 0 spiro atoms. The zero-order valence-electron chi connectivity index (χ0n) is 10.6. The van der Waals surface area contributed by atoms with Crippen molar-refractivity contribution < 1.29 is 8.42 Å². The van der Waals surface area contributed by atoms with Gasteiger partial charge in [0.2, 0.25) is 0 Å². The molecule has 0 N–H and O–H groups in total. The van der Waals surface area contributed by atoms with Crippen LogP contribution in [0.5, 0.6) is 0 Å². The van der Waals surface area contributed by atoms with Crippen LogP contribution < -0.4 is 0 Å². The van der Waals surface area contributed by atoms with E-state index in [0.717, 1.165) is 0 Å². The zero-order valence-corrected chi connectivity index (χ0v) is 12.2. The third-order valence-corrected chi connectivity index (χ3v) is 6.15. The Kier molecular flexibility index (Phi) is 3.02. The summed E-state index contributed by atoms with van der Waals surface area (Å²) in [5.41, 5.74) is 1.30. The average Bonchev–Trinajstić information content (AvgIpc) is 2.83. The summed E-state index contributed by atoms with van der Waals surface area (Å²) in [7, 11) is -1.49.